The van der Waals surface area contributed by atoms with Gasteiger partial charge in [-0.3, -0.25) is 20.1 Å². The molecule has 1 saturated carbocycles. The first kappa shape index (κ1) is 37.0. The van der Waals surface area contributed by atoms with Gasteiger partial charge in [0.05, 0.1) is 12.2 Å². The molecule has 1 aliphatic rings. The van der Waals surface area contributed by atoms with Gasteiger partial charge in [-0.05, 0) is 58.2 Å². The lowest BCUT2D eigenvalue weighted by Crippen LogP contribution is -2.48. The molecule has 0 radical (unpaired) electrons. The van der Waals surface area contributed by atoms with Crippen molar-refractivity contribution in [3.63, 3.8) is 0 Å². The van der Waals surface area contributed by atoms with Crippen LogP contribution in [0.5, 0.6) is 0 Å². The maximum atomic E-state index is 13.2. The molecule has 3 N–H and O–H groups in total. The van der Waals surface area contributed by atoms with Crippen molar-refractivity contribution in [1.82, 2.24) is 25.2 Å². The lowest BCUT2D eigenvalue weighted by atomic mass is 10.1. The highest BCUT2D eigenvalue weighted by atomic mass is 35.5. The highest BCUT2D eigenvalue weighted by Gasteiger charge is 2.38. The number of anilines is 1. The number of hydrazine groups is 1. The Morgan fingerprint density at radius 1 is 1.07 bits per heavy atom. The third-order valence-corrected chi connectivity index (χ3v) is 7.30. The zero-order valence-electron chi connectivity index (χ0n) is 25.4. The average Bonchev–Trinajstić information content (AvgIpc) is 3.50. The van der Waals surface area contributed by atoms with Crippen molar-refractivity contribution in [3.05, 3.63) is 52.4 Å². The van der Waals surface area contributed by atoms with E-state index < -0.39 is 18.2 Å². The summed E-state index contributed by atoms with van der Waals surface area (Å²) in [6.45, 7) is 9.55. The summed E-state index contributed by atoms with van der Waals surface area (Å²) in [7, 11) is 0. The Bertz CT molecular complexity index is 1350. The number of nitrogens with zero attached hydrogens (tertiary/aromatic N) is 6. The number of carbonyl (C=O) groups excluding carboxylic acids is 1. The van der Waals surface area contributed by atoms with Crippen molar-refractivity contribution in [2.75, 3.05) is 18.1 Å². The normalized spacial score (nSPS) is 13.3. The van der Waals surface area contributed by atoms with Crippen LogP contribution in [0.2, 0.25) is 5.02 Å². The van der Waals surface area contributed by atoms with E-state index >= 15 is 0 Å². The Kier molecular flexibility index (Phi) is 13.8. The molecular formula is C29H37ClF3N7O5. The second-order valence-electron chi connectivity index (χ2n) is 10.9. The molecule has 1 heterocycles. The maximum absolute atomic E-state index is 13.2. The summed E-state index contributed by atoms with van der Waals surface area (Å²) >= 11 is 6.36. The molecule has 3 rings (SSSR count). The van der Waals surface area contributed by atoms with E-state index in [0.29, 0.717) is 31.0 Å². The van der Waals surface area contributed by atoms with Crippen LogP contribution in [0.1, 0.15) is 75.1 Å². The van der Waals surface area contributed by atoms with Gasteiger partial charge in [0.1, 0.15) is 11.1 Å². The monoisotopic (exact) mass is 655 g/mol. The highest BCUT2D eigenvalue weighted by Crippen LogP contribution is 2.30. The Labute approximate surface area is 264 Å². The number of aliphatic carboxylic acids is 1. The fraction of sp³-hybridized carbons (Fsp3) is 0.517. The molecule has 16 heteroatoms. The van der Waals surface area contributed by atoms with Crippen LogP contribution in [0.4, 0.5) is 23.8 Å². The summed E-state index contributed by atoms with van der Waals surface area (Å²) < 4.78 is 31.7. The number of hydrogen-bond acceptors (Lipinski definition) is 8. The number of halogens is 4. The first-order chi connectivity index (χ1) is 21.0. The SMILES string of the molecule is CC(C)N(CCN(C(=O)O)C(C)C)Cc1ccc(C(=O)NN(c2nc(C#N)ncc2Cl)C2CCCC2)cc1.O=C(O)C(F)(F)F. The predicted molar refractivity (Wildman–Crippen MR) is 160 cm³/mol. The average molecular weight is 656 g/mol. The van der Waals surface area contributed by atoms with Crippen molar-refractivity contribution < 1.29 is 37.8 Å². The van der Waals surface area contributed by atoms with E-state index in [1.54, 1.807) is 17.1 Å². The van der Waals surface area contributed by atoms with Gasteiger partial charge in [-0.2, -0.15) is 23.4 Å². The molecule has 1 fully saturated rings. The number of carbonyl (C=O) groups is 3. The smallest absolute Gasteiger partial charge is 0.475 e. The van der Waals surface area contributed by atoms with Crippen molar-refractivity contribution in [1.29, 1.82) is 5.26 Å². The largest absolute Gasteiger partial charge is 0.490 e. The summed E-state index contributed by atoms with van der Waals surface area (Å²) in [6, 6.07) is 9.44. The molecule has 1 aromatic heterocycles. The van der Waals surface area contributed by atoms with E-state index in [-0.39, 0.29) is 34.9 Å². The lowest BCUT2D eigenvalue weighted by Gasteiger charge is -2.31. The number of benzene rings is 1. The zero-order chi connectivity index (χ0) is 33.9. The molecule has 0 aliphatic heterocycles. The number of carboxylic acid groups (broad SMARTS) is 2. The van der Waals surface area contributed by atoms with E-state index in [0.717, 1.165) is 31.2 Å². The van der Waals surface area contributed by atoms with Gasteiger partial charge in [0.25, 0.3) is 5.91 Å². The Morgan fingerprint density at radius 2 is 1.64 bits per heavy atom. The number of nitriles is 1. The molecule has 0 unspecified atom stereocenters. The number of rotatable bonds is 11. The number of aromatic nitrogens is 2. The summed E-state index contributed by atoms with van der Waals surface area (Å²) in [5, 5.41) is 27.8. The predicted octanol–water partition coefficient (Wildman–Crippen LogP) is 5.33. The second kappa shape index (κ2) is 16.8. The van der Waals surface area contributed by atoms with Crippen LogP contribution >= 0.6 is 11.6 Å². The minimum Gasteiger partial charge on any atom is -0.475 e. The summed E-state index contributed by atoms with van der Waals surface area (Å²) in [6.07, 6.45) is -0.799. The number of carboxylic acids is 1. The minimum absolute atomic E-state index is 0.0134. The Hall–Kier alpha value is -4.16. The Balaban J connectivity index is 0.000000900. The van der Waals surface area contributed by atoms with Crippen LogP contribution in [-0.2, 0) is 11.3 Å². The van der Waals surface area contributed by atoms with Crippen LogP contribution in [0.25, 0.3) is 0 Å². The molecule has 12 nitrogen and oxygen atoms in total. The number of nitrogens with one attached hydrogen (secondary N) is 1. The first-order valence-electron chi connectivity index (χ1n) is 14.2. The summed E-state index contributed by atoms with van der Waals surface area (Å²) in [4.78, 5) is 45.4. The summed E-state index contributed by atoms with van der Waals surface area (Å²) in [5.41, 5.74) is 4.46. The fourth-order valence-corrected chi connectivity index (χ4v) is 4.74. The van der Waals surface area contributed by atoms with Gasteiger partial charge < -0.3 is 15.1 Å². The molecular weight excluding hydrogens is 619 g/mol. The molecule has 2 amide bonds. The number of alkyl halides is 3. The molecule has 0 bridgehead atoms. The second-order valence-corrected chi connectivity index (χ2v) is 11.3. The van der Waals surface area contributed by atoms with Crippen molar-refractivity contribution in [2.45, 2.75) is 84.2 Å². The number of amides is 2. The van der Waals surface area contributed by atoms with Crippen LogP contribution < -0.4 is 10.4 Å². The van der Waals surface area contributed by atoms with E-state index in [1.165, 1.54) is 11.1 Å². The third kappa shape index (κ3) is 11.4. The van der Waals surface area contributed by atoms with Gasteiger partial charge in [-0.25, -0.2) is 14.6 Å². The van der Waals surface area contributed by atoms with Gasteiger partial charge >= 0.3 is 18.2 Å². The van der Waals surface area contributed by atoms with Gasteiger partial charge in [-0.1, -0.05) is 36.6 Å². The van der Waals surface area contributed by atoms with Crippen molar-refractivity contribution >= 4 is 35.4 Å². The molecule has 0 saturated heterocycles. The standard InChI is InChI=1S/C27H36ClN7O3.C2HF3O2/c1-18(2)33(13-14-34(19(3)4)27(37)38)17-20-9-11-21(12-10-20)26(36)32-35(22-7-5-6-8-22)25-23(28)16-30-24(15-29)31-25;3-2(4,5)1(6)7/h9-12,16,18-19,22H,5-8,13-14,17H2,1-4H3,(H,32,36)(H,37,38);(H,6,7). The van der Waals surface area contributed by atoms with Crippen LogP contribution in [0.15, 0.2) is 30.5 Å². The highest BCUT2D eigenvalue weighted by molar-refractivity contribution is 6.32. The molecule has 1 aromatic carbocycles. The van der Waals surface area contributed by atoms with Crippen LogP contribution in [-0.4, -0.2) is 85.3 Å². The zero-order valence-corrected chi connectivity index (χ0v) is 26.1. The van der Waals surface area contributed by atoms with Crippen LogP contribution in [0.3, 0.4) is 0 Å². The fourth-order valence-electron chi connectivity index (χ4n) is 4.56. The van der Waals surface area contributed by atoms with Gasteiger partial charge in [0, 0.05) is 37.3 Å². The van der Waals surface area contributed by atoms with E-state index in [2.05, 4.69) is 34.1 Å². The van der Waals surface area contributed by atoms with E-state index in [9.17, 15) is 33.1 Å². The maximum Gasteiger partial charge on any atom is 0.490 e. The van der Waals surface area contributed by atoms with Crippen molar-refractivity contribution in [2.24, 2.45) is 0 Å². The third-order valence-electron chi connectivity index (χ3n) is 7.04. The molecule has 1 aliphatic carbocycles. The molecule has 246 valence electrons. The minimum atomic E-state index is -5.08. The quantitative estimate of drug-likeness (QED) is 0.270. The molecule has 0 spiro atoms. The molecule has 2 aromatic rings. The van der Waals surface area contributed by atoms with E-state index in [4.69, 9.17) is 21.5 Å². The van der Waals surface area contributed by atoms with E-state index in [1.807, 2.05) is 32.0 Å². The topological polar surface area (TPSA) is 163 Å². The lowest BCUT2D eigenvalue weighted by molar-refractivity contribution is -0.192. The summed E-state index contributed by atoms with van der Waals surface area (Å²) in [5.74, 6) is -2.75. The Morgan fingerprint density at radius 3 is 2.11 bits per heavy atom. The molecule has 45 heavy (non-hydrogen) atoms. The van der Waals surface area contributed by atoms with Gasteiger partial charge in [0.15, 0.2) is 5.82 Å². The number of hydrogen-bond donors (Lipinski definition) is 3. The first-order valence-corrected chi connectivity index (χ1v) is 14.6. The molecule has 0 atom stereocenters. The van der Waals surface area contributed by atoms with Crippen LogP contribution in [0, 0.1) is 11.3 Å². The van der Waals surface area contributed by atoms with Crippen molar-refractivity contribution in [3.8, 4) is 6.07 Å². The van der Waals surface area contributed by atoms with Gasteiger partial charge in [0.2, 0.25) is 5.82 Å². The van der Waals surface area contributed by atoms with Gasteiger partial charge in [-0.15, -0.1) is 0 Å².